The number of allylic oxidation sites excluding steroid dienone is 4. The van der Waals surface area contributed by atoms with Crippen LogP contribution in [-0.2, 0) is 0 Å². The smallest absolute Gasteiger partial charge is 0.0234 e. The first-order valence-electron chi connectivity index (χ1n) is 26.2. The molecule has 0 aromatic carbocycles. The Balaban J connectivity index is 4.05. The highest BCUT2D eigenvalue weighted by molar-refractivity contribution is 4.88. The normalized spacial score (nSPS) is 12.6. The Hall–Kier alpha value is -0.520. The van der Waals surface area contributed by atoms with Crippen molar-refractivity contribution in [3.8, 4) is 0 Å². The van der Waals surface area contributed by atoms with Crippen molar-refractivity contribution in [3.63, 3.8) is 0 Å². The van der Waals surface area contributed by atoms with E-state index in [1.54, 1.807) is 0 Å². The molecule has 0 aromatic rings. The van der Waals surface area contributed by atoms with Crippen molar-refractivity contribution in [2.75, 3.05) is 0 Å². The van der Waals surface area contributed by atoms with Gasteiger partial charge in [0.05, 0.1) is 0 Å². The summed E-state index contributed by atoms with van der Waals surface area (Å²) in [6.07, 6.45) is 76.6. The lowest BCUT2D eigenvalue weighted by Gasteiger charge is -2.13. The third kappa shape index (κ3) is 47.6. The number of rotatable bonds is 48. The van der Waals surface area contributed by atoms with Gasteiger partial charge in [0.1, 0.15) is 0 Å². The Morgan fingerprint density at radius 2 is 0.426 bits per heavy atom. The molecule has 1 atom stereocenters. The number of unbranched alkanes of at least 4 members (excludes halogenated alkanes) is 40. The van der Waals surface area contributed by atoms with Gasteiger partial charge in [-0.2, -0.15) is 0 Å². The van der Waals surface area contributed by atoms with Crippen LogP contribution >= 0.6 is 0 Å². The van der Waals surface area contributed by atoms with Crippen molar-refractivity contribution < 1.29 is 0 Å². The molecule has 0 aliphatic rings. The van der Waals surface area contributed by atoms with Crippen LogP contribution in [0.5, 0.6) is 0 Å². The zero-order chi connectivity index (χ0) is 38.9. The molecule has 0 N–H and O–H groups in total. The first kappa shape index (κ1) is 53.5. The quantitative estimate of drug-likeness (QED) is 0.0429. The second-order valence-electron chi connectivity index (χ2n) is 18.0. The van der Waals surface area contributed by atoms with Crippen LogP contribution in [0.4, 0.5) is 0 Å². The van der Waals surface area contributed by atoms with E-state index in [-0.39, 0.29) is 0 Å². The fraction of sp³-hybridized carbons (Fsp3) is 0.926. The van der Waals surface area contributed by atoms with E-state index in [1.807, 2.05) is 0 Å². The van der Waals surface area contributed by atoms with E-state index in [0.717, 1.165) is 5.92 Å². The van der Waals surface area contributed by atoms with Crippen molar-refractivity contribution in [3.05, 3.63) is 24.3 Å². The maximum absolute atomic E-state index is 2.67. The van der Waals surface area contributed by atoms with Crippen LogP contribution in [-0.4, -0.2) is 0 Å². The molecule has 0 aromatic heterocycles. The van der Waals surface area contributed by atoms with Gasteiger partial charge in [0.25, 0.3) is 0 Å². The molecule has 0 heteroatoms. The summed E-state index contributed by atoms with van der Waals surface area (Å²) in [4.78, 5) is 0. The molecule has 54 heavy (non-hydrogen) atoms. The first-order valence-corrected chi connectivity index (χ1v) is 26.2. The summed E-state index contributed by atoms with van der Waals surface area (Å²) >= 11 is 0. The molecule has 0 amide bonds. The van der Waals surface area contributed by atoms with Crippen molar-refractivity contribution >= 4 is 0 Å². The van der Waals surface area contributed by atoms with Gasteiger partial charge in [-0.05, 0) is 57.3 Å². The summed E-state index contributed by atoms with van der Waals surface area (Å²) in [6, 6.07) is 0. The van der Waals surface area contributed by atoms with Crippen LogP contribution in [0.1, 0.15) is 316 Å². The van der Waals surface area contributed by atoms with E-state index in [9.17, 15) is 0 Å². The second-order valence-corrected chi connectivity index (χ2v) is 18.0. The fourth-order valence-electron chi connectivity index (χ4n) is 8.51. The second kappa shape index (κ2) is 50.5. The molecule has 0 fully saturated rings. The van der Waals surface area contributed by atoms with E-state index in [2.05, 4.69) is 45.1 Å². The molecule has 0 heterocycles. The van der Waals surface area contributed by atoms with Crippen molar-refractivity contribution in [1.82, 2.24) is 0 Å². The van der Waals surface area contributed by atoms with Gasteiger partial charge >= 0.3 is 0 Å². The third-order valence-corrected chi connectivity index (χ3v) is 12.4. The van der Waals surface area contributed by atoms with Crippen LogP contribution in [0.25, 0.3) is 0 Å². The number of hydrogen-bond donors (Lipinski definition) is 0. The summed E-state index contributed by atoms with van der Waals surface area (Å²) in [6.45, 7) is 6.94. The third-order valence-electron chi connectivity index (χ3n) is 12.4. The monoisotopic (exact) mass is 755 g/mol. The maximum atomic E-state index is 2.67. The van der Waals surface area contributed by atoms with Crippen molar-refractivity contribution in [1.29, 1.82) is 0 Å². The van der Waals surface area contributed by atoms with Crippen LogP contribution in [0.2, 0.25) is 0 Å². The highest BCUT2D eigenvalue weighted by Gasteiger charge is 2.05. The Kier molecular flexibility index (Phi) is 50.0. The minimum absolute atomic E-state index is 0.841. The lowest BCUT2D eigenvalue weighted by Crippen LogP contribution is -1.98. The molecule has 0 bridgehead atoms. The zero-order valence-electron chi connectivity index (χ0n) is 38.4. The largest absolute Gasteiger partial charge is 0.0885 e. The van der Waals surface area contributed by atoms with Gasteiger partial charge in [-0.25, -0.2) is 0 Å². The van der Waals surface area contributed by atoms with Gasteiger partial charge in [-0.1, -0.05) is 289 Å². The minimum Gasteiger partial charge on any atom is -0.0885 e. The summed E-state index contributed by atoms with van der Waals surface area (Å²) < 4.78 is 0. The average Bonchev–Trinajstić information content (AvgIpc) is 3.18. The standard InChI is InChI=1S/C54H106/c1-4-7-10-13-16-19-22-25-28-31-34-37-40-43-46-49-52-54(51-48-45-42-39-36-33-30-27-24-21-18-15-12-9-6-3)53-50-47-44-41-38-35-32-29-26-23-20-17-14-11-8-5-2/h27,30,49,52,54H,4-26,28-29,31-48,50-51,53H2,1-3H3/b30-27-,52-49?. The zero-order valence-corrected chi connectivity index (χ0v) is 38.4. The van der Waals surface area contributed by atoms with Gasteiger partial charge < -0.3 is 0 Å². The first-order chi connectivity index (χ1) is 26.8. The van der Waals surface area contributed by atoms with E-state index >= 15 is 0 Å². The van der Waals surface area contributed by atoms with Crippen molar-refractivity contribution in [2.24, 2.45) is 5.92 Å². The Morgan fingerprint density at radius 1 is 0.222 bits per heavy atom. The molecule has 0 saturated carbocycles. The molecule has 1 unspecified atom stereocenters. The van der Waals surface area contributed by atoms with Crippen LogP contribution < -0.4 is 0 Å². The van der Waals surface area contributed by atoms with E-state index in [0.29, 0.717) is 0 Å². The lowest BCUT2D eigenvalue weighted by molar-refractivity contribution is 0.462. The van der Waals surface area contributed by atoms with Crippen LogP contribution in [0.3, 0.4) is 0 Å². The molecular weight excluding hydrogens is 649 g/mol. The van der Waals surface area contributed by atoms with Gasteiger partial charge in [0.15, 0.2) is 0 Å². The predicted molar refractivity (Wildman–Crippen MR) is 251 cm³/mol. The summed E-state index contributed by atoms with van der Waals surface area (Å²) in [5.74, 6) is 0.841. The van der Waals surface area contributed by atoms with Crippen molar-refractivity contribution in [2.45, 2.75) is 316 Å². The van der Waals surface area contributed by atoms with Gasteiger partial charge in [0, 0.05) is 0 Å². The SMILES string of the molecule is CCCCCCCC/C=C\CCCCCCCC(C=CCCCCCCCCCCCCCCCC)CCCCCCCCCCCCCCCCCC. The van der Waals surface area contributed by atoms with Crippen LogP contribution in [0.15, 0.2) is 24.3 Å². The molecular formula is C54H106. The minimum atomic E-state index is 0.841. The van der Waals surface area contributed by atoms with Gasteiger partial charge in [-0.15, -0.1) is 0 Å². The van der Waals surface area contributed by atoms with Gasteiger partial charge in [-0.3, -0.25) is 0 Å². The molecule has 0 aliphatic carbocycles. The topological polar surface area (TPSA) is 0 Å². The summed E-state index contributed by atoms with van der Waals surface area (Å²) in [7, 11) is 0. The summed E-state index contributed by atoms with van der Waals surface area (Å²) in [5, 5.41) is 0. The lowest BCUT2D eigenvalue weighted by atomic mass is 9.93. The maximum Gasteiger partial charge on any atom is -0.0234 e. The molecule has 0 aliphatic heterocycles. The fourth-order valence-corrected chi connectivity index (χ4v) is 8.51. The predicted octanol–water partition coefficient (Wildman–Crippen LogP) is 20.7. The molecule has 0 spiro atoms. The van der Waals surface area contributed by atoms with E-state index in [4.69, 9.17) is 0 Å². The van der Waals surface area contributed by atoms with E-state index < -0.39 is 0 Å². The average molecular weight is 755 g/mol. The van der Waals surface area contributed by atoms with Crippen LogP contribution in [0, 0.1) is 5.92 Å². The molecule has 0 radical (unpaired) electrons. The molecule has 322 valence electrons. The summed E-state index contributed by atoms with van der Waals surface area (Å²) in [5.41, 5.74) is 0. The Bertz CT molecular complexity index is 686. The molecule has 0 rings (SSSR count). The Morgan fingerprint density at radius 3 is 0.685 bits per heavy atom. The molecule has 0 saturated heterocycles. The number of hydrogen-bond acceptors (Lipinski definition) is 0. The highest BCUT2D eigenvalue weighted by Crippen LogP contribution is 2.22. The van der Waals surface area contributed by atoms with E-state index in [1.165, 1.54) is 295 Å². The Labute approximate surface area is 345 Å². The van der Waals surface area contributed by atoms with Gasteiger partial charge in [0.2, 0.25) is 0 Å². The highest BCUT2D eigenvalue weighted by atomic mass is 14.1. The molecule has 0 nitrogen and oxygen atoms in total.